The maximum Gasteiger partial charge on any atom is 0.254 e. The van der Waals surface area contributed by atoms with Gasteiger partial charge in [-0.1, -0.05) is 0 Å². The molecule has 0 bridgehead atoms. The van der Waals surface area contributed by atoms with Gasteiger partial charge in [-0.05, 0) is 40.8 Å². The summed E-state index contributed by atoms with van der Waals surface area (Å²) >= 11 is 2.02. The molecule has 1 aliphatic heterocycles. The highest BCUT2D eigenvalue weighted by Gasteiger charge is 2.24. The Morgan fingerprint density at radius 3 is 3.06 bits per heavy atom. The van der Waals surface area contributed by atoms with Crippen molar-refractivity contribution in [3.8, 4) is 5.75 Å². The summed E-state index contributed by atoms with van der Waals surface area (Å²) < 4.78 is 6.14. The van der Waals surface area contributed by atoms with Gasteiger partial charge in [0.15, 0.2) is 0 Å². The molecule has 98 valence electrons. The fraction of sp³-hybridized carbons (Fsp3) is 0.417. The number of carbonyl (C=O) groups is 1. The molecule has 2 rings (SSSR count). The molecule has 1 aromatic rings. The number of rotatable bonds is 2. The maximum absolute atomic E-state index is 12.2. The average molecular weight is 362 g/mol. The highest BCUT2D eigenvalue weighted by atomic mass is 127. The van der Waals surface area contributed by atoms with E-state index >= 15 is 0 Å². The number of nitrogens with two attached hydrogens (primary N) is 1. The van der Waals surface area contributed by atoms with Crippen molar-refractivity contribution in [1.82, 2.24) is 4.90 Å². The van der Waals surface area contributed by atoms with Crippen LogP contribution in [0.25, 0.3) is 0 Å². The van der Waals surface area contributed by atoms with Gasteiger partial charge in [0.1, 0.15) is 5.75 Å². The van der Waals surface area contributed by atoms with Gasteiger partial charge in [0.2, 0.25) is 0 Å². The van der Waals surface area contributed by atoms with Gasteiger partial charge in [-0.25, -0.2) is 0 Å². The van der Waals surface area contributed by atoms with Crippen LogP contribution in [-0.2, 0) is 4.74 Å². The van der Waals surface area contributed by atoms with Crippen molar-refractivity contribution in [2.75, 3.05) is 26.2 Å². The van der Waals surface area contributed by atoms with Gasteiger partial charge in [-0.2, -0.15) is 0 Å². The minimum absolute atomic E-state index is 0.0940. The number of ether oxygens (including phenoxy) is 1. The van der Waals surface area contributed by atoms with Gasteiger partial charge >= 0.3 is 0 Å². The van der Waals surface area contributed by atoms with Crippen molar-refractivity contribution >= 4 is 28.5 Å². The molecule has 0 aliphatic carbocycles. The minimum Gasteiger partial charge on any atom is -0.507 e. The lowest BCUT2D eigenvalue weighted by Crippen LogP contribution is -2.48. The van der Waals surface area contributed by atoms with E-state index in [1.807, 2.05) is 22.6 Å². The Kier molecular flexibility index (Phi) is 4.41. The van der Waals surface area contributed by atoms with Crippen LogP contribution in [-0.4, -0.2) is 48.3 Å². The molecule has 1 atom stereocenters. The van der Waals surface area contributed by atoms with Gasteiger partial charge in [0.25, 0.3) is 5.91 Å². The SMILES string of the molecule is NCC1CN(C(=O)c2ccc(I)c(O)c2)CCO1. The predicted octanol–water partition coefficient (Wildman–Crippen LogP) is 0.797. The fourth-order valence-electron chi connectivity index (χ4n) is 1.87. The molecule has 1 aliphatic rings. The molecule has 0 radical (unpaired) electrons. The molecule has 6 heteroatoms. The highest BCUT2D eigenvalue weighted by molar-refractivity contribution is 14.1. The summed E-state index contributed by atoms with van der Waals surface area (Å²) in [6.07, 6.45) is -0.0971. The molecule has 5 nitrogen and oxygen atoms in total. The largest absolute Gasteiger partial charge is 0.507 e. The third-order valence-electron chi connectivity index (χ3n) is 2.88. The number of halogens is 1. The molecule has 1 aromatic carbocycles. The first kappa shape index (κ1) is 13.6. The number of amides is 1. The molecular formula is C12H15IN2O3. The minimum atomic E-state index is -0.0971. The van der Waals surface area contributed by atoms with E-state index in [1.165, 1.54) is 6.07 Å². The Labute approximate surface area is 119 Å². The first-order valence-corrected chi connectivity index (χ1v) is 6.79. The van der Waals surface area contributed by atoms with Crippen molar-refractivity contribution in [3.63, 3.8) is 0 Å². The monoisotopic (exact) mass is 362 g/mol. The van der Waals surface area contributed by atoms with E-state index in [1.54, 1.807) is 17.0 Å². The van der Waals surface area contributed by atoms with Crippen LogP contribution in [0.1, 0.15) is 10.4 Å². The van der Waals surface area contributed by atoms with E-state index in [2.05, 4.69) is 0 Å². The van der Waals surface area contributed by atoms with Gasteiger partial charge < -0.3 is 20.5 Å². The van der Waals surface area contributed by atoms with Crippen LogP contribution in [0.3, 0.4) is 0 Å². The third kappa shape index (κ3) is 2.93. The lowest BCUT2D eigenvalue weighted by atomic mass is 10.1. The lowest BCUT2D eigenvalue weighted by Gasteiger charge is -2.32. The molecule has 3 N–H and O–H groups in total. The van der Waals surface area contributed by atoms with Gasteiger partial charge in [0.05, 0.1) is 16.3 Å². The van der Waals surface area contributed by atoms with Crippen molar-refractivity contribution < 1.29 is 14.6 Å². The zero-order valence-corrected chi connectivity index (χ0v) is 12.0. The third-order valence-corrected chi connectivity index (χ3v) is 3.79. The van der Waals surface area contributed by atoms with E-state index in [0.717, 1.165) is 3.57 Å². The van der Waals surface area contributed by atoms with Crippen LogP contribution in [0, 0.1) is 3.57 Å². The Morgan fingerprint density at radius 2 is 2.39 bits per heavy atom. The molecule has 18 heavy (non-hydrogen) atoms. The number of phenolic OH excluding ortho intramolecular Hbond substituents is 1. The first-order valence-electron chi connectivity index (χ1n) is 5.71. The van der Waals surface area contributed by atoms with Crippen LogP contribution < -0.4 is 5.73 Å². The van der Waals surface area contributed by atoms with Crippen molar-refractivity contribution in [3.05, 3.63) is 27.3 Å². The molecule has 0 aromatic heterocycles. The number of carbonyl (C=O) groups excluding carboxylic acids is 1. The summed E-state index contributed by atoms with van der Waals surface area (Å²) in [4.78, 5) is 14.0. The van der Waals surface area contributed by atoms with Crippen LogP contribution in [0.4, 0.5) is 0 Å². The molecule has 0 spiro atoms. The number of hydrogen-bond acceptors (Lipinski definition) is 4. The van der Waals surface area contributed by atoms with E-state index in [0.29, 0.717) is 31.8 Å². The van der Waals surface area contributed by atoms with Crippen LogP contribution in [0.5, 0.6) is 5.75 Å². The van der Waals surface area contributed by atoms with Gasteiger partial charge in [-0.3, -0.25) is 4.79 Å². The summed E-state index contributed by atoms with van der Waals surface area (Å²) in [5.41, 5.74) is 6.04. The zero-order chi connectivity index (χ0) is 13.1. The number of hydrogen-bond donors (Lipinski definition) is 2. The highest BCUT2D eigenvalue weighted by Crippen LogP contribution is 2.21. The van der Waals surface area contributed by atoms with E-state index in [-0.39, 0.29) is 17.8 Å². The number of benzene rings is 1. The van der Waals surface area contributed by atoms with E-state index in [9.17, 15) is 9.90 Å². The Hall–Kier alpha value is -0.860. The van der Waals surface area contributed by atoms with Gasteiger partial charge in [0, 0.05) is 25.2 Å². The number of nitrogens with zero attached hydrogens (tertiary/aromatic N) is 1. The Bertz CT molecular complexity index is 453. The summed E-state index contributed by atoms with van der Waals surface area (Å²) in [6.45, 7) is 1.97. The molecule has 1 amide bonds. The number of aromatic hydroxyl groups is 1. The summed E-state index contributed by atoms with van der Waals surface area (Å²) in [7, 11) is 0. The topological polar surface area (TPSA) is 75.8 Å². The Morgan fingerprint density at radius 1 is 1.61 bits per heavy atom. The molecule has 1 heterocycles. The second-order valence-electron chi connectivity index (χ2n) is 4.15. The maximum atomic E-state index is 12.2. The molecule has 0 saturated carbocycles. The predicted molar refractivity (Wildman–Crippen MR) is 75.5 cm³/mol. The number of morpholine rings is 1. The van der Waals surface area contributed by atoms with E-state index in [4.69, 9.17) is 10.5 Å². The lowest BCUT2D eigenvalue weighted by molar-refractivity contribution is -0.0167. The molecule has 1 unspecified atom stereocenters. The van der Waals surface area contributed by atoms with Crippen molar-refractivity contribution in [2.45, 2.75) is 6.10 Å². The second kappa shape index (κ2) is 5.85. The van der Waals surface area contributed by atoms with Crippen LogP contribution >= 0.6 is 22.6 Å². The molecule has 1 fully saturated rings. The zero-order valence-electron chi connectivity index (χ0n) is 9.80. The quantitative estimate of drug-likeness (QED) is 0.764. The number of phenols is 1. The summed E-state index contributed by atoms with van der Waals surface area (Å²) in [6, 6.07) is 4.94. The standard InChI is InChI=1S/C12H15IN2O3/c13-10-2-1-8(5-11(10)16)12(17)15-3-4-18-9(6-14)7-15/h1-2,5,9,16H,3-4,6-7,14H2. The van der Waals surface area contributed by atoms with Gasteiger partial charge in [-0.15, -0.1) is 0 Å². The van der Waals surface area contributed by atoms with Crippen molar-refractivity contribution in [1.29, 1.82) is 0 Å². The summed E-state index contributed by atoms with van der Waals surface area (Å²) in [5.74, 6) is 0.0357. The summed E-state index contributed by atoms with van der Waals surface area (Å²) in [5, 5.41) is 9.62. The normalized spacial score (nSPS) is 19.9. The average Bonchev–Trinajstić information content (AvgIpc) is 2.41. The van der Waals surface area contributed by atoms with Crippen LogP contribution in [0.15, 0.2) is 18.2 Å². The Balaban J connectivity index is 2.12. The van der Waals surface area contributed by atoms with E-state index < -0.39 is 0 Å². The van der Waals surface area contributed by atoms with Crippen LogP contribution in [0.2, 0.25) is 0 Å². The smallest absolute Gasteiger partial charge is 0.254 e. The first-order chi connectivity index (χ1) is 8.61. The second-order valence-corrected chi connectivity index (χ2v) is 5.31. The molecular weight excluding hydrogens is 347 g/mol. The van der Waals surface area contributed by atoms with Crippen molar-refractivity contribution in [2.24, 2.45) is 5.73 Å². The molecule has 1 saturated heterocycles. The fourth-order valence-corrected chi connectivity index (χ4v) is 2.21.